The molecule has 3 saturated carbocycles. The highest BCUT2D eigenvalue weighted by molar-refractivity contribution is 7.73. The molecule has 0 aromatic heterocycles. The van der Waals surface area contributed by atoms with Crippen LogP contribution in [0.2, 0.25) is 0 Å². The number of hydrogen-bond acceptors (Lipinski definition) is 2. The first-order chi connectivity index (χ1) is 13.7. The Labute approximate surface area is 176 Å². The Morgan fingerprint density at radius 1 is 0.931 bits per heavy atom. The van der Waals surface area contributed by atoms with Crippen LogP contribution in [0.3, 0.4) is 0 Å². The standard InChI is InChI=1S/C26H33O2P/c1-25(2,3)28-24(27)23-21-16-18(26(21,4)5)17-22(23)29(19-12-8-6-9-13-19)20-14-10-7-11-15-20/h6-15,18,21-23H,16-17H2,1-5H3/t18?,21-,22-,23-/m0/s1. The summed E-state index contributed by atoms with van der Waals surface area (Å²) in [5.74, 6) is 1.10. The van der Waals surface area contributed by atoms with E-state index in [0.29, 0.717) is 17.5 Å². The summed E-state index contributed by atoms with van der Waals surface area (Å²) < 4.78 is 5.99. The summed E-state index contributed by atoms with van der Waals surface area (Å²) in [4.78, 5) is 13.5. The number of benzene rings is 2. The van der Waals surface area contributed by atoms with Gasteiger partial charge < -0.3 is 4.74 Å². The SMILES string of the molecule is CC(C)(C)OC(=O)[C@@H]1[C@@H](P(c2ccccc2)c2ccccc2)CC2C[C@@H]1C2(C)C. The summed E-state index contributed by atoms with van der Waals surface area (Å²) in [7, 11) is -0.621. The van der Waals surface area contributed by atoms with Gasteiger partial charge in [-0.3, -0.25) is 4.79 Å². The number of rotatable bonds is 4. The molecule has 3 aliphatic rings. The van der Waals surface area contributed by atoms with Crippen LogP contribution in [-0.4, -0.2) is 17.2 Å². The second-order valence-electron chi connectivity index (χ2n) is 10.3. The number of hydrogen-bond donors (Lipinski definition) is 0. The average molecular weight is 409 g/mol. The van der Waals surface area contributed by atoms with Crippen molar-refractivity contribution in [3.05, 3.63) is 60.7 Å². The summed E-state index contributed by atoms with van der Waals surface area (Å²) in [6.45, 7) is 10.7. The van der Waals surface area contributed by atoms with Gasteiger partial charge in [-0.1, -0.05) is 74.5 Å². The van der Waals surface area contributed by atoms with E-state index in [1.807, 2.05) is 20.8 Å². The molecule has 0 heterocycles. The number of fused-ring (bicyclic) bond motifs is 2. The van der Waals surface area contributed by atoms with E-state index in [4.69, 9.17) is 4.74 Å². The molecule has 3 fully saturated rings. The molecule has 0 amide bonds. The van der Waals surface area contributed by atoms with Gasteiger partial charge in [0.15, 0.2) is 0 Å². The molecule has 0 spiro atoms. The zero-order valence-electron chi connectivity index (χ0n) is 18.3. The Hall–Kier alpha value is -1.66. The van der Waals surface area contributed by atoms with Gasteiger partial charge in [-0.2, -0.15) is 0 Å². The van der Waals surface area contributed by atoms with Crippen molar-refractivity contribution in [1.82, 2.24) is 0 Å². The van der Waals surface area contributed by atoms with Gasteiger partial charge in [0.25, 0.3) is 0 Å². The maximum Gasteiger partial charge on any atom is 0.310 e. The van der Waals surface area contributed by atoms with Gasteiger partial charge in [0, 0.05) is 5.66 Å². The Kier molecular flexibility index (Phi) is 5.36. The lowest BCUT2D eigenvalue weighted by Gasteiger charge is -2.63. The number of esters is 1. The molecule has 2 nitrogen and oxygen atoms in total. The minimum Gasteiger partial charge on any atom is -0.460 e. The summed E-state index contributed by atoms with van der Waals surface area (Å²) in [6, 6.07) is 21.7. The topological polar surface area (TPSA) is 26.3 Å². The lowest BCUT2D eigenvalue weighted by atomic mass is 9.45. The van der Waals surface area contributed by atoms with E-state index in [2.05, 4.69) is 74.5 Å². The quantitative estimate of drug-likeness (QED) is 0.492. The van der Waals surface area contributed by atoms with Crippen molar-refractivity contribution in [2.75, 3.05) is 0 Å². The maximum absolute atomic E-state index is 13.5. The maximum atomic E-state index is 13.5. The van der Waals surface area contributed by atoms with Crippen molar-refractivity contribution < 1.29 is 9.53 Å². The molecule has 4 atom stereocenters. The van der Waals surface area contributed by atoms with Gasteiger partial charge in [-0.15, -0.1) is 0 Å². The highest BCUT2D eigenvalue weighted by Crippen LogP contribution is 2.66. The van der Waals surface area contributed by atoms with Crippen LogP contribution in [0.5, 0.6) is 0 Å². The molecule has 2 bridgehead atoms. The minimum absolute atomic E-state index is 0.0121. The molecule has 1 unspecified atom stereocenters. The van der Waals surface area contributed by atoms with E-state index in [1.54, 1.807) is 0 Å². The Morgan fingerprint density at radius 2 is 1.45 bits per heavy atom. The molecule has 154 valence electrons. The molecule has 3 heteroatoms. The predicted octanol–water partition coefficient (Wildman–Crippen LogP) is 5.51. The summed E-state index contributed by atoms with van der Waals surface area (Å²) in [5.41, 5.74) is 0.113. The van der Waals surface area contributed by atoms with Crippen molar-refractivity contribution in [1.29, 1.82) is 0 Å². The molecule has 29 heavy (non-hydrogen) atoms. The highest BCUT2D eigenvalue weighted by atomic mass is 31.1. The Bertz CT molecular complexity index is 814. The molecule has 3 aliphatic carbocycles. The van der Waals surface area contributed by atoms with Gasteiger partial charge in [-0.25, -0.2) is 0 Å². The fourth-order valence-corrected chi connectivity index (χ4v) is 8.61. The monoisotopic (exact) mass is 408 g/mol. The van der Waals surface area contributed by atoms with Crippen molar-refractivity contribution in [2.45, 2.75) is 58.7 Å². The Balaban J connectivity index is 1.77. The van der Waals surface area contributed by atoms with Crippen LogP contribution >= 0.6 is 7.92 Å². The first kappa shape index (κ1) is 20.6. The van der Waals surface area contributed by atoms with Gasteiger partial charge >= 0.3 is 5.97 Å². The first-order valence-corrected chi connectivity index (χ1v) is 12.2. The van der Waals surface area contributed by atoms with E-state index in [0.717, 1.165) is 6.42 Å². The second-order valence-corrected chi connectivity index (χ2v) is 12.7. The molecular formula is C26H33O2P. The molecule has 0 saturated heterocycles. The van der Waals surface area contributed by atoms with Gasteiger partial charge in [0.2, 0.25) is 0 Å². The van der Waals surface area contributed by atoms with Crippen LogP contribution in [0.1, 0.15) is 47.5 Å². The van der Waals surface area contributed by atoms with Crippen molar-refractivity contribution in [2.24, 2.45) is 23.2 Å². The molecular weight excluding hydrogens is 375 g/mol. The van der Waals surface area contributed by atoms with Crippen LogP contribution in [0.25, 0.3) is 0 Å². The Morgan fingerprint density at radius 3 is 1.90 bits per heavy atom. The molecule has 2 aromatic rings. The summed E-state index contributed by atoms with van der Waals surface area (Å²) >= 11 is 0. The van der Waals surface area contributed by atoms with Crippen molar-refractivity contribution in [3.8, 4) is 0 Å². The largest absolute Gasteiger partial charge is 0.460 e. The van der Waals surface area contributed by atoms with E-state index in [-0.39, 0.29) is 17.3 Å². The molecule has 0 N–H and O–H groups in total. The molecule has 0 aliphatic heterocycles. The second kappa shape index (κ2) is 7.55. The van der Waals surface area contributed by atoms with Gasteiger partial charge in [-0.05, 0) is 69.4 Å². The van der Waals surface area contributed by atoms with E-state index >= 15 is 0 Å². The summed E-state index contributed by atoms with van der Waals surface area (Å²) in [6.07, 6.45) is 2.28. The number of ether oxygens (including phenoxy) is 1. The van der Waals surface area contributed by atoms with Gasteiger partial charge in [0.05, 0.1) is 5.92 Å². The van der Waals surface area contributed by atoms with Crippen LogP contribution in [0.15, 0.2) is 60.7 Å². The van der Waals surface area contributed by atoms with Gasteiger partial charge in [0.1, 0.15) is 5.60 Å². The lowest BCUT2D eigenvalue weighted by molar-refractivity contribution is -0.179. The fraction of sp³-hybridized carbons (Fsp3) is 0.500. The van der Waals surface area contributed by atoms with Crippen LogP contribution in [0.4, 0.5) is 0 Å². The summed E-state index contributed by atoms with van der Waals surface area (Å²) in [5, 5.41) is 2.73. The van der Waals surface area contributed by atoms with E-state index in [9.17, 15) is 4.79 Å². The van der Waals surface area contributed by atoms with Crippen LogP contribution in [-0.2, 0) is 9.53 Å². The third-order valence-corrected chi connectivity index (χ3v) is 9.90. The number of carbonyl (C=O) groups is 1. The smallest absolute Gasteiger partial charge is 0.310 e. The van der Waals surface area contributed by atoms with Crippen molar-refractivity contribution >= 4 is 24.5 Å². The molecule has 0 radical (unpaired) electrons. The molecule has 2 aromatic carbocycles. The first-order valence-electron chi connectivity index (χ1n) is 10.8. The normalized spacial score (nSPS) is 27.9. The fourth-order valence-electron chi connectivity index (χ4n) is 5.44. The number of carbonyl (C=O) groups excluding carboxylic acids is 1. The van der Waals surface area contributed by atoms with Crippen molar-refractivity contribution in [3.63, 3.8) is 0 Å². The zero-order valence-corrected chi connectivity index (χ0v) is 19.2. The minimum atomic E-state index is -0.621. The molecule has 5 rings (SSSR count). The highest BCUT2D eigenvalue weighted by Gasteiger charge is 2.61. The van der Waals surface area contributed by atoms with Crippen LogP contribution in [0, 0.1) is 23.2 Å². The lowest BCUT2D eigenvalue weighted by Crippen LogP contribution is -2.60. The third-order valence-electron chi connectivity index (χ3n) is 7.00. The zero-order chi connectivity index (χ0) is 20.8. The van der Waals surface area contributed by atoms with Crippen LogP contribution < -0.4 is 10.6 Å². The average Bonchev–Trinajstić information content (AvgIpc) is 2.68. The predicted molar refractivity (Wildman–Crippen MR) is 122 cm³/mol. The van der Waals surface area contributed by atoms with E-state index < -0.39 is 13.5 Å². The van der Waals surface area contributed by atoms with E-state index in [1.165, 1.54) is 17.0 Å². The third kappa shape index (κ3) is 3.89.